The maximum atomic E-state index is 10.8. The van der Waals surface area contributed by atoms with Gasteiger partial charge in [-0.25, -0.2) is 9.59 Å². The molecule has 0 amide bonds. The minimum Gasteiger partial charge on any atom is -0.475 e. The quantitative estimate of drug-likeness (QED) is 0.269. The van der Waals surface area contributed by atoms with E-state index in [0.717, 1.165) is 0 Å². The van der Waals surface area contributed by atoms with E-state index in [1.54, 1.807) is 27.7 Å². The molecular weight excluding hydrogens is 498 g/mol. The van der Waals surface area contributed by atoms with Crippen LogP contribution in [-0.2, 0) is 67.7 Å². The number of hydrogen-bond donors (Lipinski definition) is 2. The predicted molar refractivity (Wildman–Crippen MR) is 74.2 cm³/mol. The molecular formula is C14H20O8Ru2. The summed E-state index contributed by atoms with van der Waals surface area (Å²) in [5.41, 5.74) is 0. The summed E-state index contributed by atoms with van der Waals surface area (Å²) in [6.45, 7) is 6.49. The minimum atomic E-state index is -1.54. The molecule has 0 bridgehead atoms. The van der Waals surface area contributed by atoms with Crippen LogP contribution in [0.2, 0.25) is 0 Å². The first kappa shape index (κ1) is 30.7. The number of aliphatic carboxylic acids is 2. The standard InChI is InChI=1S/2C7H10O4.2Ru/c2*1-4(2)5(8)3-6(9)7(10)11;;/h2*4H,3H2,1-2H3,(H,10,11);;. The molecule has 0 aliphatic carbocycles. The summed E-state index contributed by atoms with van der Waals surface area (Å²) in [6.07, 6.45) is -0.986. The van der Waals surface area contributed by atoms with Gasteiger partial charge in [-0.1, -0.05) is 27.7 Å². The van der Waals surface area contributed by atoms with Gasteiger partial charge in [0, 0.05) is 50.8 Å². The van der Waals surface area contributed by atoms with Crippen LogP contribution in [0.1, 0.15) is 40.5 Å². The van der Waals surface area contributed by atoms with Crippen molar-refractivity contribution >= 4 is 35.1 Å². The van der Waals surface area contributed by atoms with E-state index in [4.69, 9.17) is 10.2 Å². The second-order valence-corrected chi connectivity index (χ2v) is 5.05. The number of rotatable bonds is 8. The molecule has 0 fully saturated rings. The van der Waals surface area contributed by atoms with Crippen LogP contribution in [0, 0.1) is 11.8 Å². The second kappa shape index (κ2) is 15.4. The summed E-state index contributed by atoms with van der Waals surface area (Å²) in [4.78, 5) is 62.3. The average Bonchev–Trinajstić information content (AvgIpc) is 2.38. The van der Waals surface area contributed by atoms with Crippen LogP contribution in [0.15, 0.2) is 0 Å². The van der Waals surface area contributed by atoms with Gasteiger partial charge in [-0.05, 0) is 0 Å². The zero-order valence-electron chi connectivity index (χ0n) is 13.6. The van der Waals surface area contributed by atoms with Crippen LogP contribution >= 0.6 is 0 Å². The van der Waals surface area contributed by atoms with Gasteiger partial charge in [0.25, 0.3) is 0 Å². The van der Waals surface area contributed by atoms with Crippen LogP contribution < -0.4 is 0 Å². The summed E-state index contributed by atoms with van der Waals surface area (Å²) in [5, 5.41) is 16.2. The van der Waals surface area contributed by atoms with E-state index in [2.05, 4.69) is 0 Å². The van der Waals surface area contributed by atoms with Crippen molar-refractivity contribution in [1.29, 1.82) is 0 Å². The zero-order chi connectivity index (χ0) is 18.0. The van der Waals surface area contributed by atoms with Crippen molar-refractivity contribution in [3.8, 4) is 0 Å². The molecule has 0 heterocycles. The van der Waals surface area contributed by atoms with E-state index in [0.29, 0.717) is 0 Å². The van der Waals surface area contributed by atoms with E-state index in [9.17, 15) is 28.8 Å². The van der Waals surface area contributed by atoms with Gasteiger partial charge in [0.15, 0.2) is 0 Å². The normalized spacial score (nSPS) is 8.92. The number of carboxylic acids is 2. The van der Waals surface area contributed by atoms with Crippen molar-refractivity contribution in [1.82, 2.24) is 0 Å². The topological polar surface area (TPSA) is 143 Å². The van der Waals surface area contributed by atoms with Crippen molar-refractivity contribution in [2.24, 2.45) is 11.8 Å². The number of ketones is 4. The molecule has 2 N–H and O–H groups in total. The molecule has 24 heavy (non-hydrogen) atoms. The largest absolute Gasteiger partial charge is 0.475 e. The van der Waals surface area contributed by atoms with Gasteiger partial charge < -0.3 is 10.2 Å². The SMILES string of the molecule is CC(C)C(=O)CC(=O)C(=O)O.CC(C)C(=O)CC(=O)C(=O)O.[Ru].[Ru]. The van der Waals surface area contributed by atoms with Crippen molar-refractivity contribution in [3.05, 3.63) is 0 Å². The van der Waals surface area contributed by atoms with Gasteiger partial charge in [-0.2, -0.15) is 0 Å². The van der Waals surface area contributed by atoms with E-state index in [-0.39, 0.29) is 62.4 Å². The predicted octanol–water partition coefficient (Wildman–Crippen LogP) is 0.506. The van der Waals surface area contributed by atoms with Gasteiger partial charge in [0.05, 0.1) is 12.8 Å². The smallest absolute Gasteiger partial charge is 0.372 e. The maximum Gasteiger partial charge on any atom is 0.372 e. The first-order valence-electron chi connectivity index (χ1n) is 6.47. The molecule has 8 nitrogen and oxygen atoms in total. The first-order chi connectivity index (χ1) is 9.89. The Hall–Kier alpha value is -1.13. The Labute approximate surface area is 165 Å². The molecule has 0 unspecified atom stereocenters. The fourth-order valence-corrected chi connectivity index (χ4v) is 0.876. The van der Waals surface area contributed by atoms with Gasteiger partial charge >= 0.3 is 11.9 Å². The Bertz CT molecular complexity index is 439. The Morgan fingerprint density at radius 2 is 0.833 bits per heavy atom. The van der Waals surface area contributed by atoms with Crippen LogP contribution in [0.4, 0.5) is 0 Å². The third kappa shape index (κ3) is 15.8. The third-order valence-electron chi connectivity index (χ3n) is 2.43. The van der Waals surface area contributed by atoms with E-state index in [1.807, 2.05) is 0 Å². The molecule has 0 aliphatic heterocycles. The van der Waals surface area contributed by atoms with E-state index >= 15 is 0 Å². The van der Waals surface area contributed by atoms with E-state index < -0.39 is 36.3 Å². The second-order valence-electron chi connectivity index (χ2n) is 5.05. The number of carbonyl (C=O) groups is 6. The molecule has 0 aromatic rings. The zero-order valence-corrected chi connectivity index (χ0v) is 17.1. The average molecular weight is 518 g/mol. The Kier molecular flexibility index (Phi) is 19.7. The number of hydrogen-bond acceptors (Lipinski definition) is 6. The first-order valence-corrected chi connectivity index (χ1v) is 6.47. The van der Waals surface area contributed by atoms with Crippen LogP contribution in [0.5, 0.6) is 0 Å². The molecule has 0 aromatic carbocycles. The van der Waals surface area contributed by atoms with Crippen molar-refractivity contribution < 1.29 is 77.9 Å². The summed E-state index contributed by atoms with van der Waals surface area (Å²) in [7, 11) is 0. The Morgan fingerprint density at radius 3 is 0.958 bits per heavy atom. The fourth-order valence-electron chi connectivity index (χ4n) is 0.876. The van der Waals surface area contributed by atoms with Gasteiger partial charge in [0.1, 0.15) is 11.6 Å². The summed E-state index contributed by atoms with van der Waals surface area (Å²) < 4.78 is 0. The van der Waals surface area contributed by atoms with Crippen molar-refractivity contribution in [2.45, 2.75) is 40.5 Å². The Morgan fingerprint density at radius 1 is 0.625 bits per heavy atom. The molecule has 10 heteroatoms. The van der Waals surface area contributed by atoms with Gasteiger partial charge in [-0.15, -0.1) is 0 Å². The monoisotopic (exact) mass is 520 g/mol. The summed E-state index contributed by atoms with van der Waals surface area (Å²) in [6, 6.07) is 0. The molecule has 0 saturated heterocycles. The summed E-state index contributed by atoms with van der Waals surface area (Å²) >= 11 is 0. The number of carboxylic acid groups (broad SMARTS) is 2. The number of Topliss-reactive ketones (excluding diaryl/α,β-unsaturated/α-hetero) is 4. The maximum absolute atomic E-state index is 10.8. The van der Waals surface area contributed by atoms with Gasteiger partial charge in [-0.3, -0.25) is 19.2 Å². The van der Waals surface area contributed by atoms with Crippen LogP contribution in [-0.4, -0.2) is 45.3 Å². The fraction of sp³-hybridized carbons (Fsp3) is 0.571. The molecule has 0 rings (SSSR count). The third-order valence-corrected chi connectivity index (χ3v) is 2.43. The van der Waals surface area contributed by atoms with Gasteiger partial charge in [0.2, 0.25) is 11.6 Å². The molecule has 0 saturated carbocycles. The number of carbonyl (C=O) groups excluding carboxylic acids is 4. The minimum absolute atomic E-state index is 0. The molecule has 140 valence electrons. The van der Waals surface area contributed by atoms with E-state index in [1.165, 1.54) is 0 Å². The Balaban J connectivity index is -0.000000154. The van der Waals surface area contributed by atoms with Crippen molar-refractivity contribution in [3.63, 3.8) is 0 Å². The van der Waals surface area contributed by atoms with Crippen LogP contribution in [0.25, 0.3) is 0 Å². The molecule has 0 atom stereocenters. The van der Waals surface area contributed by atoms with Crippen LogP contribution in [0.3, 0.4) is 0 Å². The molecule has 0 aliphatic rings. The summed E-state index contributed by atoms with van der Waals surface area (Å²) in [5.74, 6) is -6.39. The molecule has 0 aromatic heterocycles. The molecule has 0 radical (unpaired) electrons. The van der Waals surface area contributed by atoms with Crippen molar-refractivity contribution in [2.75, 3.05) is 0 Å². The molecule has 0 spiro atoms.